The van der Waals surface area contributed by atoms with Crippen molar-refractivity contribution in [1.82, 2.24) is 15.1 Å². The van der Waals surface area contributed by atoms with Crippen LogP contribution in [-0.2, 0) is 15.1 Å². The summed E-state index contributed by atoms with van der Waals surface area (Å²) in [5.41, 5.74) is -0.433. The molecule has 5 rings (SSSR count). The lowest BCUT2D eigenvalue weighted by atomic mass is 9.78. The lowest BCUT2D eigenvalue weighted by molar-refractivity contribution is -0.142. The van der Waals surface area contributed by atoms with E-state index in [1.54, 1.807) is 6.92 Å². The van der Waals surface area contributed by atoms with Gasteiger partial charge in [0.15, 0.2) is 0 Å². The van der Waals surface area contributed by atoms with Crippen LogP contribution in [0.2, 0.25) is 0 Å². The molecule has 0 spiro atoms. The Morgan fingerprint density at radius 2 is 1.77 bits per heavy atom. The highest BCUT2D eigenvalue weighted by Crippen LogP contribution is 2.36. The van der Waals surface area contributed by atoms with Crippen LogP contribution in [0.15, 0.2) is 42.5 Å². The predicted octanol–water partition coefficient (Wildman–Crippen LogP) is 3.79. The molecule has 0 radical (unpaired) electrons. The van der Waals surface area contributed by atoms with Gasteiger partial charge in [-0.15, -0.1) is 0 Å². The first-order valence-corrected chi connectivity index (χ1v) is 11.4. The maximum atomic E-state index is 13.5. The second-order valence-electron chi connectivity index (χ2n) is 9.31. The van der Waals surface area contributed by atoms with Gasteiger partial charge in [0, 0.05) is 12.6 Å². The zero-order valence-electron chi connectivity index (χ0n) is 18.0. The topological polar surface area (TPSA) is 69.7 Å². The van der Waals surface area contributed by atoms with E-state index in [1.807, 2.05) is 47.4 Å². The first kappa shape index (κ1) is 20.0. The standard InChI is InChI=1S/C25H29N3O3/c1-25(20-13-6-10-17-8-2-4-12-19(17)20)23(30)28(24(31)26-25)16-22(29)27-15-7-11-18-9-3-5-14-21(18)27/h2,4,6,8,10,12-13,18,21H,3,5,7,9,11,14-16H2,1H3,(H,26,31)/t18-,21+,25-/m1/s1. The molecule has 31 heavy (non-hydrogen) atoms. The van der Waals surface area contributed by atoms with Crippen molar-refractivity contribution in [3.8, 4) is 0 Å². The average molecular weight is 420 g/mol. The number of urea groups is 1. The number of carbonyl (C=O) groups is 3. The van der Waals surface area contributed by atoms with Gasteiger partial charge in [0.2, 0.25) is 5.91 Å². The van der Waals surface area contributed by atoms with Crippen LogP contribution in [0, 0.1) is 5.92 Å². The Hall–Kier alpha value is -2.89. The number of piperidine rings is 1. The molecule has 162 valence electrons. The number of hydrogen-bond acceptors (Lipinski definition) is 3. The van der Waals surface area contributed by atoms with E-state index >= 15 is 0 Å². The highest BCUT2D eigenvalue weighted by atomic mass is 16.2. The van der Waals surface area contributed by atoms with Crippen molar-refractivity contribution >= 4 is 28.6 Å². The fraction of sp³-hybridized carbons (Fsp3) is 0.480. The molecule has 2 heterocycles. The van der Waals surface area contributed by atoms with E-state index in [1.165, 1.54) is 19.3 Å². The summed E-state index contributed by atoms with van der Waals surface area (Å²) in [5.74, 6) is 0.0946. The second-order valence-corrected chi connectivity index (χ2v) is 9.31. The summed E-state index contributed by atoms with van der Waals surface area (Å²) in [6.45, 7) is 2.27. The molecule has 1 saturated carbocycles. The van der Waals surface area contributed by atoms with E-state index in [-0.39, 0.29) is 24.4 Å². The molecular formula is C25H29N3O3. The summed E-state index contributed by atoms with van der Waals surface area (Å²) in [4.78, 5) is 42.6. The van der Waals surface area contributed by atoms with Gasteiger partial charge in [-0.25, -0.2) is 4.79 Å². The predicted molar refractivity (Wildman–Crippen MR) is 118 cm³/mol. The summed E-state index contributed by atoms with van der Waals surface area (Å²) >= 11 is 0. The smallest absolute Gasteiger partial charge is 0.325 e. The minimum absolute atomic E-state index is 0.109. The number of nitrogens with one attached hydrogen (secondary N) is 1. The minimum Gasteiger partial charge on any atom is -0.338 e. The van der Waals surface area contributed by atoms with Crippen molar-refractivity contribution in [1.29, 1.82) is 0 Å². The zero-order valence-corrected chi connectivity index (χ0v) is 18.0. The normalized spacial score (nSPS) is 28.5. The fourth-order valence-corrected chi connectivity index (χ4v) is 5.85. The Morgan fingerprint density at radius 3 is 2.65 bits per heavy atom. The van der Waals surface area contributed by atoms with Gasteiger partial charge in [0.05, 0.1) is 0 Å². The Kier molecular flexibility index (Phi) is 4.95. The number of imide groups is 1. The molecule has 3 aliphatic rings. The van der Waals surface area contributed by atoms with Gasteiger partial charge in [-0.2, -0.15) is 0 Å². The number of rotatable bonds is 3. The van der Waals surface area contributed by atoms with Crippen molar-refractivity contribution in [3.05, 3.63) is 48.0 Å². The lowest BCUT2D eigenvalue weighted by Gasteiger charge is -2.44. The van der Waals surface area contributed by atoms with Gasteiger partial charge in [0.1, 0.15) is 12.1 Å². The molecule has 0 aromatic heterocycles. The van der Waals surface area contributed by atoms with E-state index < -0.39 is 11.6 Å². The third-order valence-corrected chi connectivity index (χ3v) is 7.46. The largest absolute Gasteiger partial charge is 0.338 e. The van der Waals surface area contributed by atoms with E-state index in [0.29, 0.717) is 5.92 Å². The molecule has 1 N–H and O–H groups in total. The number of benzene rings is 2. The zero-order chi connectivity index (χ0) is 21.6. The molecular weight excluding hydrogens is 390 g/mol. The third kappa shape index (κ3) is 3.29. The first-order valence-electron chi connectivity index (χ1n) is 11.4. The van der Waals surface area contributed by atoms with Crippen LogP contribution < -0.4 is 5.32 Å². The SMILES string of the molecule is C[C@]1(c2cccc3ccccc23)NC(=O)N(CC(=O)N2CCC[C@H]3CCCC[C@@H]32)C1=O. The minimum atomic E-state index is -1.19. The van der Waals surface area contributed by atoms with Crippen molar-refractivity contribution in [2.75, 3.05) is 13.1 Å². The van der Waals surface area contributed by atoms with Gasteiger partial charge in [0.25, 0.3) is 5.91 Å². The van der Waals surface area contributed by atoms with Crippen molar-refractivity contribution in [3.63, 3.8) is 0 Å². The van der Waals surface area contributed by atoms with Crippen LogP contribution in [0.1, 0.15) is 51.0 Å². The Labute approximate surface area is 182 Å². The van der Waals surface area contributed by atoms with Gasteiger partial charge in [-0.1, -0.05) is 55.3 Å². The molecule has 6 nitrogen and oxygen atoms in total. The summed E-state index contributed by atoms with van der Waals surface area (Å²) in [5, 5.41) is 4.80. The van der Waals surface area contributed by atoms with E-state index in [2.05, 4.69) is 5.32 Å². The molecule has 3 atom stereocenters. The quantitative estimate of drug-likeness (QED) is 0.770. The fourth-order valence-electron chi connectivity index (χ4n) is 5.85. The van der Waals surface area contributed by atoms with Crippen molar-refractivity contribution < 1.29 is 14.4 Å². The maximum Gasteiger partial charge on any atom is 0.325 e. The molecule has 2 aliphatic heterocycles. The number of hydrogen-bond donors (Lipinski definition) is 1. The molecule has 1 aliphatic carbocycles. The van der Waals surface area contributed by atoms with E-state index in [0.717, 1.165) is 47.0 Å². The van der Waals surface area contributed by atoms with Crippen LogP contribution in [0.4, 0.5) is 4.79 Å². The Morgan fingerprint density at radius 1 is 1.03 bits per heavy atom. The monoisotopic (exact) mass is 419 g/mol. The summed E-state index contributed by atoms with van der Waals surface area (Å²) < 4.78 is 0. The van der Waals surface area contributed by atoms with Crippen LogP contribution in [0.25, 0.3) is 10.8 Å². The van der Waals surface area contributed by atoms with E-state index in [4.69, 9.17) is 0 Å². The molecule has 2 aromatic carbocycles. The maximum absolute atomic E-state index is 13.5. The van der Waals surface area contributed by atoms with Crippen LogP contribution in [0.5, 0.6) is 0 Å². The second kappa shape index (κ2) is 7.66. The van der Waals surface area contributed by atoms with Gasteiger partial charge in [-0.05, 0) is 54.9 Å². The molecule has 4 amide bonds. The average Bonchev–Trinajstić information content (AvgIpc) is 3.02. The van der Waals surface area contributed by atoms with Crippen molar-refractivity contribution in [2.45, 2.75) is 57.0 Å². The Balaban J connectivity index is 1.39. The molecule has 0 bridgehead atoms. The van der Waals surface area contributed by atoms with Gasteiger partial charge in [-0.3, -0.25) is 14.5 Å². The van der Waals surface area contributed by atoms with Gasteiger partial charge < -0.3 is 10.2 Å². The summed E-state index contributed by atoms with van der Waals surface area (Å²) in [6, 6.07) is 13.4. The first-order chi connectivity index (χ1) is 15.0. The van der Waals surface area contributed by atoms with E-state index in [9.17, 15) is 14.4 Å². The molecule has 2 aromatic rings. The number of amides is 4. The number of likely N-dealkylation sites (tertiary alicyclic amines) is 1. The molecule has 3 fully saturated rings. The van der Waals surface area contributed by atoms with Crippen LogP contribution in [0.3, 0.4) is 0 Å². The molecule has 0 unspecified atom stereocenters. The van der Waals surface area contributed by atoms with Crippen LogP contribution in [-0.4, -0.2) is 46.8 Å². The van der Waals surface area contributed by atoms with Crippen molar-refractivity contribution in [2.24, 2.45) is 5.92 Å². The number of fused-ring (bicyclic) bond motifs is 2. The molecule has 2 saturated heterocycles. The number of nitrogens with zero attached hydrogens (tertiary/aromatic N) is 2. The molecule has 6 heteroatoms. The third-order valence-electron chi connectivity index (χ3n) is 7.46. The number of carbonyl (C=O) groups excluding carboxylic acids is 3. The van der Waals surface area contributed by atoms with Gasteiger partial charge >= 0.3 is 6.03 Å². The summed E-state index contributed by atoms with van der Waals surface area (Å²) in [7, 11) is 0. The highest BCUT2D eigenvalue weighted by molar-refractivity contribution is 6.10. The lowest BCUT2D eigenvalue weighted by Crippen LogP contribution is -2.53. The highest BCUT2D eigenvalue weighted by Gasteiger charge is 2.50. The summed E-state index contributed by atoms with van der Waals surface area (Å²) in [6.07, 6.45) is 6.77. The van der Waals surface area contributed by atoms with Crippen LogP contribution >= 0.6 is 0 Å². The Bertz CT molecular complexity index is 1040.